The molecule has 1 atom stereocenters. The molecule has 4 heterocycles. The van der Waals surface area contributed by atoms with Gasteiger partial charge in [0.25, 0.3) is 5.91 Å². The fourth-order valence-electron chi connectivity index (χ4n) is 5.65. The number of rotatable bonds is 6. The summed E-state index contributed by atoms with van der Waals surface area (Å²) in [5.74, 6) is 1.91. The predicted molar refractivity (Wildman–Crippen MR) is 150 cm³/mol. The van der Waals surface area contributed by atoms with Crippen molar-refractivity contribution in [2.24, 2.45) is 0 Å². The molecule has 0 aliphatic carbocycles. The van der Waals surface area contributed by atoms with E-state index in [4.69, 9.17) is 4.74 Å². The van der Waals surface area contributed by atoms with Gasteiger partial charge in [-0.25, -0.2) is 0 Å². The van der Waals surface area contributed by atoms with Gasteiger partial charge in [0, 0.05) is 71.1 Å². The van der Waals surface area contributed by atoms with E-state index < -0.39 is 0 Å². The highest BCUT2D eigenvalue weighted by Crippen LogP contribution is 2.22. The van der Waals surface area contributed by atoms with Crippen LogP contribution < -0.4 is 9.80 Å². The van der Waals surface area contributed by atoms with Gasteiger partial charge in [-0.05, 0) is 48.2 Å². The van der Waals surface area contributed by atoms with Crippen molar-refractivity contribution in [3.8, 4) is 11.1 Å². The SMILES string of the molecule is O=C(c1ccc(-c2ccccc2)cc1)N1CCN(c2ccc(N3CCN(CC4CCCO4)CC3)nn2)CC1. The lowest BCUT2D eigenvalue weighted by atomic mass is 10.0. The summed E-state index contributed by atoms with van der Waals surface area (Å²) >= 11 is 0. The van der Waals surface area contributed by atoms with Crippen molar-refractivity contribution in [3.63, 3.8) is 0 Å². The highest BCUT2D eigenvalue weighted by Gasteiger charge is 2.25. The van der Waals surface area contributed by atoms with Crippen molar-refractivity contribution in [3.05, 3.63) is 72.3 Å². The van der Waals surface area contributed by atoms with Crippen LogP contribution in [0, 0.1) is 0 Å². The van der Waals surface area contributed by atoms with E-state index in [1.807, 2.05) is 47.4 Å². The van der Waals surface area contributed by atoms with Crippen molar-refractivity contribution in [1.82, 2.24) is 20.0 Å². The van der Waals surface area contributed by atoms with Crippen LogP contribution in [-0.2, 0) is 4.74 Å². The maximum Gasteiger partial charge on any atom is 0.253 e. The summed E-state index contributed by atoms with van der Waals surface area (Å²) in [5.41, 5.74) is 3.01. The molecule has 1 aromatic heterocycles. The van der Waals surface area contributed by atoms with E-state index in [9.17, 15) is 4.79 Å². The first kappa shape index (κ1) is 24.8. The molecule has 8 nitrogen and oxygen atoms in total. The molecule has 38 heavy (non-hydrogen) atoms. The number of benzene rings is 2. The molecular weight excluding hydrogens is 476 g/mol. The lowest BCUT2D eigenvalue weighted by molar-refractivity contribution is 0.0712. The number of nitrogens with zero attached hydrogens (tertiary/aromatic N) is 6. The Morgan fingerprint density at radius 2 is 1.34 bits per heavy atom. The van der Waals surface area contributed by atoms with Gasteiger partial charge in [-0.2, -0.15) is 0 Å². The van der Waals surface area contributed by atoms with E-state index in [0.717, 1.165) is 80.7 Å². The smallest absolute Gasteiger partial charge is 0.253 e. The molecule has 3 aliphatic heterocycles. The molecule has 3 aromatic rings. The molecule has 0 N–H and O–H groups in total. The van der Waals surface area contributed by atoms with Crippen LogP contribution >= 0.6 is 0 Å². The van der Waals surface area contributed by atoms with Gasteiger partial charge in [-0.1, -0.05) is 42.5 Å². The number of carbonyl (C=O) groups excluding carboxylic acids is 1. The number of hydrogen-bond acceptors (Lipinski definition) is 7. The molecule has 0 bridgehead atoms. The number of piperazine rings is 2. The van der Waals surface area contributed by atoms with Crippen LogP contribution in [0.1, 0.15) is 23.2 Å². The second-order valence-electron chi connectivity index (χ2n) is 10.4. The maximum atomic E-state index is 13.1. The topological polar surface area (TPSA) is 65.0 Å². The summed E-state index contributed by atoms with van der Waals surface area (Å²) in [6, 6.07) is 22.3. The maximum absolute atomic E-state index is 13.1. The van der Waals surface area contributed by atoms with Gasteiger partial charge in [0.1, 0.15) is 0 Å². The van der Waals surface area contributed by atoms with Crippen LogP contribution in [0.15, 0.2) is 66.7 Å². The second-order valence-corrected chi connectivity index (χ2v) is 10.4. The summed E-state index contributed by atoms with van der Waals surface area (Å²) in [4.78, 5) is 22.1. The van der Waals surface area contributed by atoms with Gasteiger partial charge in [-0.3, -0.25) is 9.69 Å². The fourth-order valence-corrected chi connectivity index (χ4v) is 5.65. The van der Waals surface area contributed by atoms with Crippen LogP contribution in [0.2, 0.25) is 0 Å². The van der Waals surface area contributed by atoms with Gasteiger partial charge in [0.15, 0.2) is 11.6 Å². The summed E-state index contributed by atoms with van der Waals surface area (Å²) in [6.45, 7) is 8.83. The van der Waals surface area contributed by atoms with Gasteiger partial charge < -0.3 is 19.4 Å². The largest absolute Gasteiger partial charge is 0.377 e. The highest BCUT2D eigenvalue weighted by molar-refractivity contribution is 5.95. The zero-order valence-corrected chi connectivity index (χ0v) is 21.9. The van der Waals surface area contributed by atoms with Crippen molar-refractivity contribution >= 4 is 17.5 Å². The van der Waals surface area contributed by atoms with Gasteiger partial charge in [-0.15, -0.1) is 10.2 Å². The minimum Gasteiger partial charge on any atom is -0.377 e. The molecule has 1 amide bonds. The lowest BCUT2D eigenvalue weighted by Gasteiger charge is -2.37. The zero-order chi connectivity index (χ0) is 25.7. The molecule has 8 heteroatoms. The standard InChI is InChI=1S/C30H36N6O2/c37-30(26-10-8-25(9-11-26)24-5-2-1-3-6-24)36-20-18-35(19-21-36)29-13-12-28(31-32-29)34-16-14-33(15-17-34)23-27-7-4-22-38-27/h1-3,5-6,8-13,27H,4,7,14-23H2. The molecule has 3 saturated heterocycles. The van der Waals surface area contributed by atoms with E-state index in [1.54, 1.807) is 0 Å². The highest BCUT2D eigenvalue weighted by atomic mass is 16.5. The lowest BCUT2D eigenvalue weighted by Crippen LogP contribution is -2.49. The second kappa shape index (κ2) is 11.5. The molecule has 0 radical (unpaired) electrons. The zero-order valence-electron chi connectivity index (χ0n) is 21.9. The van der Waals surface area contributed by atoms with Crippen molar-refractivity contribution in [2.75, 3.05) is 75.3 Å². The number of aromatic nitrogens is 2. The molecule has 3 aliphatic rings. The molecule has 0 saturated carbocycles. The number of ether oxygens (including phenoxy) is 1. The van der Waals surface area contributed by atoms with Crippen LogP contribution in [0.25, 0.3) is 11.1 Å². The Hall–Kier alpha value is -3.49. The van der Waals surface area contributed by atoms with E-state index >= 15 is 0 Å². The van der Waals surface area contributed by atoms with Crippen molar-refractivity contribution in [2.45, 2.75) is 18.9 Å². The Balaban J connectivity index is 0.984. The van der Waals surface area contributed by atoms with E-state index in [-0.39, 0.29) is 5.91 Å². The normalized spacial score (nSPS) is 20.6. The van der Waals surface area contributed by atoms with Crippen molar-refractivity contribution < 1.29 is 9.53 Å². The summed E-state index contributed by atoms with van der Waals surface area (Å²) in [6.07, 6.45) is 2.80. The van der Waals surface area contributed by atoms with Crippen LogP contribution in [-0.4, -0.2) is 97.5 Å². The number of carbonyl (C=O) groups is 1. The van der Waals surface area contributed by atoms with Crippen LogP contribution in [0.5, 0.6) is 0 Å². The minimum absolute atomic E-state index is 0.0873. The van der Waals surface area contributed by atoms with Gasteiger partial charge in [0.05, 0.1) is 6.10 Å². The Bertz CT molecular complexity index is 1180. The molecule has 6 rings (SSSR count). The molecule has 1 unspecified atom stereocenters. The van der Waals surface area contributed by atoms with Gasteiger partial charge in [0.2, 0.25) is 0 Å². The van der Waals surface area contributed by atoms with E-state index in [1.165, 1.54) is 12.8 Å². The van der Waals surface area contributed by atoms with Crippen molar-refractivity contribution in [1.29, 1.82) is 0 Å². The minimum atomic E-state index is 0.0873. The molecular formula is C30H36N6O2. The average molecular weight is 513 g/mol. The number of amides is 1. The number of anilines is 2. The summed E-state index contributed by atoms with van der Waals surface area (Å²) in [7, 11) is 0. The average Bonchev–Trinajstić information content (AvgIpc) is 3.51. The van der Waals surface area contributed by atoms with E-state index in [2.05, 4.69) is 49.2 Å². The van der Waals surface area contributed by atoms with Crippen LogP contribution in [0.4, 0.5) is 11.6 Å². The Morgan fingerprint density at radius 3 is 1.92 bits per heavy atom. The predicted octanol–water partition coefficient (Wildman–Crippen LogP) is 3.41. The number of hydrogen-bond donors (Lipinski definition) is 0. The quantitative estimate of drug-likeness (QED) is 0.502. The molecule has 0 spiro atoms. The Labute approximate surface area is 224 Å². The van der Waals surface area contributed by atoms with Crippen LogP contribution in [0.3, 0.4) is 0 Å². The Morgan fingerprint density at radius 1 is 0.737 bits per heavy atom. The monoisotopic (exact) mass is 512 g/mol. The summed E-state index contributed by atoms with van der Waals surface area (Å²) in [5, 5.41) is 9.09. The third-order valence-electron chi connectivity index (χ3n) is 7.95. The van der Waals surface area contributed by atoms with Gasteiger partial charge >= 0.3 is 0 Å². The molecule has 2 aromatic carbocycles. The summed E-state index contributed by atoms with van der Waals surface area (Å²) < 4.78 is 5.80. The first-order valence-electron chi connectivity index (χ1n) is 13.9. The third-order valence-corrected chi connectivity index (χ3v) is 7.95. The molecule has 3 fully saturated rings. The van der Waals surface area contributed by atoms with E-state index in [0.29, 0.717) is 19.2 Å². The third kappa shape index (κ3) is 5.66. The fraction of sp³-hybridized carbons (Fsp3) is 0.433. The first-order chi connectivity index (χ1) is 18.7. The molecule has 198 valence electrons. The Kier molecular flexibility index (Phi) is 7.51. The first-order valence-corrected chi connectivity index (χ1v) is 13.9.